The average molecular weight is 372 g/mol. The van der Waals surface area contributed by atoms with Gasteiger partial charge in [-0.3, -0.25) is 4.79 Å². The van der Waals surface area contributed by atoms with Crippen LogP contribution >= 0.6 is 11.3 Å². The Hall–Kier alpha value is -2.51. The molecule has 0 saturated heterocycles. The van der Waals surface area contributed by atoms with Crippen molar-refractivity contribution in [2.75, 3.05) is 20.6 Å². The summed E-state index contributed by atoms with van der Waals surface area (Å²) in [6, 6.07) is 10.2. The Balaban J connectivity index is 1.73. The summed E-state index contributed by atoms with van der Waals surface area (Å²) in [7, 11) is 3.99. The normalized spacial score (nSPS) is 12.3. The van der Waals surface area contributed by atoms with Gasteiger partial charge in [0.05, 0.1) is 29.2 Å². The fourth-order valence-electron chi connectivity index (χ4n) is 2.78. The summed E-state index contributed by atoms with van der Waals surface area (Å²) in [5, 5.41) is 9.30. The van der Waals surface area contributed by atoms with E-state index in [1.165, 1.54) is 17.0 Å². The summed E-state index contributed by atoms with van der Waals surface area (Å²) in [5.74, 6) is -0.473. The van der Waals surface area contributed by atoms with E-state index in [0.717, 1.165) is 0 Å². The Morgan fingerprint density at radius 3 is 2.65 bits per heavy atom. The SMILES string of the molecule is Cc1c(C(=O)NCC(c2cccs2)N(C)C)cnn1-c1ccc(F)cc1. The van der Waals surface area contributed by atoms with Gasteiger partial charge in [-0.1, -0.05) is 6.07 Å². The van der Waals surface area contributed by atoms with Gasteiger partial charge in [-0.15, -0.1) is 11.3 Å². The average Bonchev–Trinajstić information content (AvgIpc) is 3.25. The van der Waals surface area contributed by atoms with Crippen molar-refractivity contribution in [1.29, 1.82) is 0 Å². The Bertz CT molecular complexity index is 872. The van der Waals surface area contributed by atoms with Crippen molar-refractivity contribution in [3.8, 4) is 5.69 Å². The smallest absolute Gasteiger partial charge is 0.254 e. The molecular weight excluding hydrogens is 351 g/mol. The van der Waals surface area contributed by atoms with Crippen molar-refractivity contribution in [3.05, 3.63) is 69.9 Å². The second-order valence-corrected chi connectivity index (χ2v) is 7.22. The zero-order valence-electron chi connectivity index (χ0n) is 14.9. The molecule has 1 aromatic carbocycles. The number of nitrogens with zero attached hydrogens (tertiary/aromatic N) is 3. The number of halogens is 1. The van der Waals surface area contributed by atoms with Crippen LogP contribution < -0.4 is 5.32 Å². The molecule has 0 bridgehead atoms. The summed E-state index contributed by atoms with van der Waals surface area (Å²) in [6.45, 7) is 2.33. The molecule has 0 radical (unpaired) electrons. The highest BCUT2D eigenvalue weighted by Gasteiger charge is 2.19. The number of aromatic nitrogens is 2. The highest BCUT2D eigenvalue weighted by Crippen LogP contribution is 2.22. The molecule has 3 rings (SSSR count). The molecular formula is C19H21FN4OS. The molecule has 0 aliphatic rings. The molecule has 0 aliphatic carbocycles. The summed E-state index contributed by atoms with van der Waals surface area (Å²) in [6.07, 6.45) is 1.55. The van der Waals surface area contributed by atoms with Crippen molar-refractivity contribution < 1.29 is 9.18 Å². The van der Waals surface area contributed by atoms with Gasteiger partial charge in [0, 0.05) is 11.4 Å². The Morgan fingerprint density at radius 2 is 2.04 bits per heavy atom. The number of carbonyl (C=O) groups is 1. The molecule has 3 aromatic rings. The fraction of sp³-hybridized carbons (Fsp3) is 0.263. The van der Waals surface area contributed by atoms with Crippen LogP contribution in [0.4, 0.5) is 4.39 Å². The van der Waals surface area contributed by atoms with E-state index < -0.39 is 0 Å². The lowest BCUT2D eigenvalue weighted by molar-refractivity contribution is 0.0941. The van der Waals surface area contributed by atoms with Crippen LogP contribution in [0.3, 0.4) is 0 Å². The minimum Gasteiger partial charge on any atom is -0.350 e. The number of hydrogen-bond acceptors (Lipinski definition) is 4. The Morgan fingerprint density at radius 1 is 1.31 bits per heavy atom. The largest absolute Gasteiger partial charge is 0.350 e. The zero-order valence-corrected chi connectivity index (χ0v) is 15.8. The second-order valence-electron chi connectivity index (χ2n) is 6.24. The van der Waals surface area contributed by atoms with E-state index in [4.69, 9.17) is 0 Å². The first kappa shape index (κ1) is 18.3. The summed E-state index contributed by atoms with van der Waals surface area (Å²) >= 11 is 1.67. The Labute approximate surface area is 156 Å². The molecule has 7 heteroatoms. The molecule has 5 nitrogen and oxygen atoms in total. The van der Waals surface area contributed by atoms with Gasteiger partial charge in [0.15, 0.2) is 0 Å². The number of nitrogens with one attached hydrogen (secondary N) is 1. The molecule has 26 heavy (non-hydrogen) atoms. The fourth-order valence-corrected chi connectivity index (χ4v) is 3.70. The van der Waals surface area contributed by atoms with Gasteiger partial charge in [-0.05, 0) is 56.7 Å². The van der Waals surface area contributed by atoms with Crippen molar-refractivity contribution in [2.45, 2.75) is 13.0 Å². The van der Waals surface area contributed by atoms with Gasteiger partial charge < -0.3 is 10.2 Å². The van der Waals surface area contributed by atoms with Crippen LogP contribution in [-0.4, -0.2) is 41.2 Å². The molecule has 1 unspecified atom stereocenters. The number of benzene rings is 1. The lowest BCUT2D eigenvalue weighted by Gasteiger charge is -2.23. The van der Waals surface area contributed by atoms with Gasteiger partial charge in [0.1, 0.15) is 5.82 Å². The van der Waals surface area contributed by atoms with Crippen molar-refractivity contribution >= 4 is 17.2 Å². The van der Waals surface area contributed by atoms with E-state index >= 15 is 0 Å². The zero-order chi connectivity index (χ0) is 18.7. The van der Waals surface area contributed by atoms with Crippen molar-refractivity contribution in [2.24, 2.45) is 0 Å². The standard InChI is InChI=1S/C19H21FN4OS/c1-13-16(11-22-24(13)15-8-6-14(20)7-9-15)19(25)21-12-17(23(2)3)18-5-4-10-26-18/h4-11,17H,12H2,1-3H3,(H,21,25). The van der Waals surface area contributed by atoms with E-state index in [2.05, 4.69) is 21.4 Å². The van der Waals surface area contributed by atoms with Gasteiger partial charge in [-0.2, -0.15) is 5.10 Å². The first-order valence-corrected chi connectivity index (χ1v) is 9.14. The number of thiophene rings is 1. The topological polar surface area (TPSA) is 50.2 Å². The molecule has 1 N–H and O–H groups in total. The van der Waals surface area contributed by atoms with E-state index in [9.17, 15) is 9.18 Å². The molecule has 2 aromatic heterocycles. The molecule has 0 saturated carbocycles. The van der Waals surface area contributed by atoms with Gasteiger partial charge in [0.2, 0.25) is 0 Å². The molecule has 0 aliphatic heterocycles. The van der Waals surface area contributed by atoms with Gasteiger partial charge in [0.25, 0.3) is 5.91 Å². The maximum atomic E-state index is 13.1. The Kier molecular flexibility index (Phi) is 5.49. The number of amides is 1. The third-order valence-electron chi connectivity index (χ3n) is 4.28. The maximum absolute atomic E-state index is 13.1. The highest BCUT2D eigenvalue weighted by atomic mass is 32.1. The van der Waals surface area contributed by atoms with E-state index in [0.29, 0.717) is 23.5 Å². The molecule has 0 fully saturated rings. The number of rotatable bonds is 6. The van der Waals surface area contributed by atoms with Crippen LogP contribution in [0.5, 0.6) is 0 Å². The van der Waals surface area contributed by atoms with Gasteiger partial charge >= 0.3 is 0 Å². The lowest BCUT2D eigenvalue weighted by Crippen LogP contribution is -2.34. The predicted molar refractivity (Wildman–Crippen MR) is 101 cm³/mol. The minimum absolute atomic E-state index is 0.117. The van der Waals surface area contributed by atoms with Crippen LogP contribution in [0.2, 0.25) is 0 Å². The molecule has 2 heterocycles. The van der Waals surface area contributed by atoms with Gasteiger partial charge in [-0.25, -0.2) is 9.07 Å². The van der Waals surface area contributed by atoms with Crippen LogP contribution in [0, 0.1) is 12.7 Å². The van der Waals surface area contributed by atoms with E-state index in [1.54, 1.807) is 34.3 Å². The third kappa shape index (κ3) is 3.84. The van der Waals surface area contributed by atoms with E-state index in [1.807, 2.05) is 32.5 Å². The van der Waals surface area contributed by atoms with Crippen LogP contribution in [0.25, 0.3) is 5.69 Å². The number of likely N-dealkylation sites (N-methyl/N-ethyl adjacent to an activating group) is 1. The minimum atomic E-state index is -0.306. The molecule has 1 atom stereocenters. The summed E-state index contributed by atoms with van der Waals surface area (Å²) in [5.41, 5.74) is 1.94. The first-order chi connectivity index (χ1) is 12.5. The highest BCUT2D eigenvalue weighted by molar-refractivity contribution is 7.10. The summed E-state index contributed by atoms with van der Waals surface area (Å²) < 4.78 is 14.7. The maximum Gasteiger partial charge on any atom is 0.254 e. The van der Waals surface area contributed by atoms with Crippen molar-refractivity contribution in [1.82, 2.24) is 20.0 Å². The van der Waals surface area contributed by atoms with Crippen molar-refractivity contribution in [3.63, 3.8) is 0 Å². The lowest BCUT2D eigenvalue weighted by atomic mass is 10.2. The summed E-state index contributed by atoms with van der Waals surface area (Å²) in [4.78, 5) is 15.9. The van der Waals surface area contributed by atoms with Crippen LogP contribution in [0.1, 0.15) is 27.0 Å². The number of carbonyl (C=O) groups excluding carboxylic acids is 1. The molecule has 1 amide bonds. The first-order valence-electron chi connectivity index (χ1n) is 8.26. The second kappa shape index (κ2) is 7.80. The predicted octanol–water partition coefficient (Wildman–Crippen LogP) is 3.41. The van der Waals surface area contributed by atoms with Crippen LogP contribution in [-0.2, 0) is 0 Å². The van der Waals surface area contributed by atoms with Crippen LogP contribution in [0.15, 0.2) is 48.0 Å². The molecule has 136 valence electrons. The van der Waals surface area contributed by atoms with E-state index in [-0.39, 0.29) is 17.8 Å². The number of hydrogen-bond donors (Lipinski definition) is 1. The monoisotopic (exact) mass is 372 g/mol. The molecule has 0 spiro atoms. The quantitative estimate of drug-likeness (QED) is 0.721. The third-order valence-corrected chi connectivity index (χ3v) is 5.25.